The van der Waals surface area contributed by atoms with Crippen LogP contribution in [0, 0.1) is 0 Å². The Labute approximate surface area is 177 Å². The summed E-state index contributed by atoms with van der Waals surface area (Å²) in [5.74, 6) is -0.834. The second-order valence-electron chi connectivity index (χ2n) is 8.19. The Kier molecular flexibility index (Phi) is 7.60. The number of rotatable bonds is 10. The summed E-state index contributed by atoms with van der Waals surface area (Å²) in [5, 5.41) is 5.26. The van der Waals surface area contributed by atoms with Crippen LogP contribution in [0.15, 0.2) is 18.2 Å². The Morgan fingerprint density at radius 2 is 1.90 bits per heavy atom. The number of imide groups is 1. The van der Waals surface area contributed by atoms with Gasteiger partial charge in [-0.15, -0.1) is 0 Å². The molecule has 7 nitrogen and oxygen atoms in total. The summed E-state index contributed by atoms with van der Waals surface area (Å²) >= 11 is 0. The molecule has 1 fully saturated rings. The van der Waals surface area contributed by atoms with Crippen LogP contribution in [0.5, 0.6) is 0 Å². The van der Waals surface area contributed by atoms with Crippen molar-refractivity contribution in [3.8, 4) is 0 Å². The first kappa shape index (κ1) is 22.0. The van der Waals surface area contributed by atoms with Crippen LogP contribution in [0.2, 0.25) is 0 Å². The zero-order chi connectivity index (χ0) is 21.5. The lowest BCUT2D eigenvalue weighted by Gasteiger charge is -2.29. The lowest BCUT2D eigenvalue weighted by atomic mass is 10.0. The number of benzene rings is 1. The van der Waals surface area contributed by atoms with E-state index in [0.29, 0.717) is 31.5 Å². The first-order chi connectivity index (χ1) is 14.5. The number of hydrogen-bond acceptors (Lipinski definition) is 4. The number of carbonyl (C=O) groups is 4. The fourth-order valence-corrected chi connectivity index (χ4v) is 4.09. The largest absolute Gasteiger partial charge is 0.352 e. The second-order valence-corrected chi connectivity index (χ2v) is 8.19. The molecule has 2 aliphatic rings. The summed E-state index contributed by atoms with van der Waals surface area (Å²) in [6.07, 6.45) is 8.04. The maximum Gasteiger partial charge on any atom is 0.255 e. The van der Waals surface area contributed by atoms with Crippen LogP contribution in [-0.2, 0) is 27.5 Å². The first-order valence-electron chi connectivity index (χ1n) is 11.0. The summed E-state index contributed by atoms with van der Waals surface area (Å²) in [7, 11) is 0. The number of hydrogen-bond donors (Lipinski definition) is 2. The van der Waals surface area contributed by atoms with Crippen molar-refractivity contribution in [3.05, 3.63) is 34.9 Å². The molecule has 7 heteroatoms. The van der Waals surface area contributed by atoms with Crippen LogP contribution >= 0.6 is 0 Å². The van der Waals surface area contributed by atoms with E-state index in [1.165, 1.54) is 30.6 Å². The third-order valence-corrected chi connectivity index (χ3v) is 5.84. The average Bonchev–Trinajstić information content (AvgIpc) is 3.05. The van der Waals surface area contributed by atoms with Crippen LogP contribution in [-0.4, -0.2) is 34.6 Å². The van der Waals surface area contributed by atoms with E-state index >= 15 is 0 Å². The van der Waals surface area contributed by atoms with Gasteiger partial charge in [-0.3, -0.25) is 24.5 Å². The number of amides is 4. The van der Waals surface area contributed by atoms with E-state index in [4.69, 9.17) is 0 Å². The molecule has 0 aliphatic carbocycles. The molecule has 1 atom stereocenters. The monoisotopic (exact) mass is 413 g/mol. The van der Waals surface area contributed by atoms with Gasteiger partial charge in [0.15, 0.2) is 0 Å². The van der Waals surface area contributed by atoms with Crippen molar-refractivity contribution in [3.63, 3.8) is 0 Å². The van der Waals surface area contributed by atoms with Gasteiger partial charge in [0.05, 0.1) is 0 Å². The predicted octanol–water partition coefficient (Wildman–Crippen LogP) is 2.81. The van der Waals surface area contributed by atoms with Gasteiger partial charge in [0.2, 0.25) is 17.7 Å². The van der Waals surface area contributed by atoms with Gasteiger partial charge in [-0.25, -0.2) is 0 Å². The first-order valence-corrected chi connectivity index (χ1v) is 11.0. The number of carbonyl (C=O) groups excluding carboxylic acids is 4. The molecule has 1 saturated heterocycles. The number of nitrogens with one attached hydrogen (secondary N) is 2. The minimum Gasteiger partial charge on any atom is -0.352 e. The van der Waals surface area contributed by atoms with Crippen molar-refractivity contribution in [2.45, 2.75) is 83.8 Å². The third-order valence-electron chi connectivity index (χ3n) is 5.84. The Hall–Kier alpha value is -2.70. The molecule has 1 aromatic rings. The Morgan fingerprint density at radius 1 is 1.13 bits per heavy atom. The fraction of sp³-hybridized carbons (Fsp3) is 0.565. The smallest absolute Gasteiger partial charge is 0.255 e. The van der Waals surface area contributed by atoms with Gasteiger partial charge >= 0.3 is 0 Å². The molecule has 30 heavy (non-hydrogen) atoms. The van der Waals surface area contributed by atoms with Crippen molar-refractivity contribution in [2.75, 3.05) is 0 Å². The Bertz CT molecular complexity index is 821. The molecule has 1 unspecified atom stereocenters. The number of fused-ring (bicyclic) bond motifs is 1. The molecule has 0 radical (unpaired) electrons. The van der Waals surface area contributed by atoms with E-state index < -0.39 is 11.9 Å². The topological polar surface area (TPSA) is 95.6 Å². The molecule has 0 spiro atoms. The molecule has 3 rings (SSSR count). The number of nitrogens with zero attached hydrogens (tertiary/aromatic N) is 1. The number of unbranched alkanes of at least 4 members (excludes halogenated alkanes) is 5. The molecule has 1 aromatic carbocycles. The van der Waals surface area contributed by atoms with Gasteiger partial charge in [-0.05, 0) is 30.0 Å². The normalized spacial score (nSPS) is 18.4. The summed E-state index contributed by atoms with van der Waals surface area (Å²) in [4.78, 5) is 49.8. The predicted molar refractivity (Wildman–Crippen MR) is 112 cm³/mol. The molecule has 4 amide bonds. The van der Waals surface area contributed by atoms with Crippen LogP contribution in [0.3, 0.4) is 0 Å². The SMILES string of the molecule is CCCCCCCCC(=O)NCc1ccc2c(c1)CN(C1CCC(=O)NC1=O)C2=O. The van der Waals surface area contributed by atoms with Gasteiger partial charge in [0.25, 0.3) is 5.91 Å². The molecule has 162 valence electrons. The van der Waals surface area contributed by atoms with Gasteiger partial charge in [-0.2, -0.15) is 0 Å². The molecule has 0 aromatic heterocycles. The van der Waals surface area contributed by atoms with Gasteiger partial charge < -0.3 is 10.2 Å². The third kappa shape index (κ3) is 5.46. The van der Waals surface area contributed by atoms with Crippen LogP contribution in [0.4, 0.5) is 0 Å². The van der Waals surface area contributed by atoms with Crippen LogP contribution in [0.1, 0.15) is 86.2 Å². The highest BCUT2D eigenvalue weighted by molar-refractivity contribution is 6.05. The molecule has 0 bridgehead atoms. The van der Waals surface area contributed by atoms with Crippen molar-refractivity contribution in [2.24, 2.45) is 0 Å². The highest BCUT2D eigenvalue weighted by Gasteiger charge is 2.38. The molecule has 0 saturated carbocycles. The lowest BCUT2D eigenvalue weighted by molar-refractivity contribution is -0.137. The minimum atomic E-state index is -0.608. The maximum absolute atomic E-state index is 12.7. The Morgan fingerprint density at radius 3 is 2.67 bits per heavy atom. The van der Waals surface area contributed by atoms with E-state index in [1.807, 2.05) is 12.1 Å². The summed E-state index contributed by atoms with van der Waals surface area (Å²) in [6, 6.07) is 4.92. The zero-order valence-electron chi connectivity index (χ0n) is 17.7. The van der Waals surface area contributed by atoms with Crippen LogP contribution in [0.25, 0.3) is 0 Å². The van der Waals surface area contributed by atoms with Gasteiger partial charge in [0, 0.05) is 31.5 Å². The minimum absolute atomic E-state index is 0.0484. The van der Waals surface area contributed by atoms with E-state index in [0.717, 1.165) is 24.0 Å². The van der Waals surface area contributed by atoms with E-state index in [9.17, 15) is 19.2 Å². The zero-order valence-corrected chi connectivity index (χ0v) is 17.7. The van der Waals surface area contributed by atoms with Crippen LogP contribution < -0.4 is 10.6 Å². The summed E-state index contributed by atoms with van der Waals surface area (Å²) in [5.41, 5.74) is 2.37. The van der Waals surface area contributed by atoms with Crippen molar-refractivity contribution >= 4 is 23.6 Å². The maximum atomic E-state index is 12.7. The van der Waals surface area contributed by atoms with E-state index in [2.05, 4.69) is 17.6 Å². The highest BCUT2D eigenvalue weighted by atomic mass is 16.2. The Balaban J connectivity index is 1.48. The molecule has 2 aliphatic heterocycles. The highest BCUT2D eigenvalue weighted by Crippen LogP contribution is 2.28. The van der Waals surface area contributed by atoms with Crippen molar-refractivity contribution in [1.82, 2.24) is 15.5 Å². The molecule has 2 heterocycles. The fourth-order valence-electron chi connectivity index (χ4n) is 4.09. The van der Waals surface area contributed by atoms with Gasteiger partial charge in [0.1, 0.15) is 6.04 Å². The average molecular weight is 414 g/mol. The number of piperidine rings is 1. The summed E-state index contributed by atoms with van der Waals surface area (Å²) < 4.78 is 0. The molecule has 2 N–H and O–H groups in total. The quantitative estimate of drug-likeness (QED) is 0.455. The van der Waals surface area contributed by atoms with E-state index in [-0.39, 0.29) is 24.1 Å². The summed E-state index contributed by atoms with van der Waals surface area (Å²) in [6.45, 7) is 2.96. The molecular formula is C23H31N3O4. The van der Waals surface area contributed by atoms with Crippen molar-refractivity contribution in [1.29, 1.82) is 0 Å². The van der Waals surface area contributed by atoms with Crippen molar-refractivity contribution < 1.29 is 19.2 Å². The molecular weight excluding hydrogens is 382 g/mol. The second kappa shape index (κ2) is 10.4. The van der Waals surface area contributed by atoms with E-state index in [1.54, 1.807) is 6.07 Å². The lowest BCUT2D eigenvalue weighted by Crippen LogP contribution is -2.52. The standard InChI is InChI=1S/C23H31N3O4/c1-2-3-4-5-6-7-8-20(27)24-14-16-9-10-18-17(13-16)15-26(23(18)30)19-11-12-21(28)25-22(19)29/h9-10,13,19H,2-8,11-12,14-15H2,1H3,(H,24,27)(H,25,28,29). The van der Waals surface area contributed by atoms with Gasteiger partial charge in [-0.1, -0.05) is 51.2 Å².